The van der Waals surface area contributed by atoms with E-state index < -0.39 is 0 Å². The zero-order chi connectivity index (χ0) is 11.9. The van der Waals surface area contributed by atoms with Crippen molar-refractivity contribution in [2.45, 2.75) is 31.6 Å². The summed E-state index contributed by atoms with van der Waals surface area (Å²) in [7, 11) is 0. The van der Waals surface area contributed by atoms with E-state index in [-0.39, 0.29) is 5.41 Å². The Morgan fingerprint density at radius 2 is 2.29 bits per heavy atom. The highest BCUT2D eigenvalue weighted by molar-refractivity contribution is 5.52. The summed E-state index contributed by atoms with van der Waals surface area (Å²) in [5, 5.41) is 9.24. The summed E-state index contributed by atoms with van der Waals surface area (Å²) in [6.45, 7) is 1.91. The molecule has 2 aromatic rings. The average Bonchev–Trinajstić information content (AvgIpc) is 2.86. The van der Waals surface area contributed by atoms with Gasteiger partial charge in [-0.25, -0.2) is 4.98 Å². The summed E-state index contributed by atoms with van der Waals surface area (Å²) in [6, 6.07) is 6.20. The highest BCUT2D eigenvalue weighted by Crippen LogP contribution is 2.42. The fraction of sp³-hybridized carbons (Fsp3) is 0.385. The Kier molecular flexibility index (Phi) is 2.08. The summed E-state index contributed by atoms with van der Waals surface area (Å²) >= 11 is 0. The SMILES string of the molecule is Cc1ccc(-c2cnc(C3(C#N)CCC3)[nH]2)o1. The largest absolute Gasteiger partial charge is 0.460 e. The Morgan fingerprint density at radius 1 is 1.47 bits per heavy atom. The lowest BCUT2D eigenvalue weighted by Crippen LogP contribution is -2.33. The standard InChI is InChI=1S/C13H13N3O/c1-9-3-4-11(17-9)10-7-15-12(16-10)13(8-14)5-2-6-13/h3-4,7H,2,5-6H2,1H3,(H,15,16). The minimum absolute atomic E-state index is 0.389. The first-order chi connectivity index (χ1) is 8.23. The molecule has 4 heteroatoms. The van der Waals surface area contributed by atoms with E-state index in [9.17, 15) is 5.26 Å². The minimum Gasteiger partial charge on any atom is -0.460 e. The van der Waals surface area contributed by atoms with Crippen molar-refractivity contribution in [1.82, 2.24) is 9.97 Å². The average molecular weight is 227 g/mol. The van der Waals surface area contributed by atoms with Crippen molar-refractivity contribution in [3.8, 4) is 17.5 Å². The molecule has 1 fully saturated rings. The van der Waals surface area contributed by atoms with Crippen LogP contribution in [0.25, 0.3) is 11.5 Å². The summed E-state index contributed by atoms with van der Waals surface area (Å²) in [5.41, 5.74) is 0.453. The van der Waals surface area contributed by atoms with Crippen LogP contribution in [-0.4, -0.2) is 9.97 Å². The second-order valence-electron chi connectivity index (χ2n) is 4.60. The van der Waals surface area contributed by atoms with Crippen molar-refractivity contribution in [3.63, 3.8) is 0 Å². The normalized spacial score (nSPS) is 17.4. The molecule has 0 aliphatic heterocycles. The van der Waals surface area contributed by atoms with Crippen molar-refractivity contribution in [3.05, 3.63) is 29.9 Å². The summed E-state index contributed by atoms with van der Waals surface area (Å²) < 4.78 is 5.53. The van der Waals surface area contributed by atoms with E-state index in [1.54, 1.807) is 6.20 Å². The van der Waals surface area contributed by atoms with Gasteiger partial charge in [0.15, 0.2) is 5.76 Å². The molecule has 0 radical (unpaired) electrons. The van der Waals surface area contributed by atoms with Crippen molar-refractivity contribution in [1.29, 1.82) is 5.26 Å². The van der Waals surface area contributed by atoms with Crippen LogP contribution in [0.15, 0.2) is 22.7 Å². The van der Waals surface area contributed by atoms with E-state index in [1.807, 2.05) is 19.1 Å². The third-order valence-corrected chi connectivity index (χ3v) is 3.46. The van der Waals surface area contributed by atoms with Crippen LogP contribution >= 0.6 is 0 Å². The number of aromatic nitrogens is 2. The molecule has 3 rings (SSSR count). The van der Waals surface area contributed by atoms with Gasteiger partial charge in [-0.2, -0.15) is 5.26 Å². The molecule has 0 saturated heterocycles. The van der Waals surface area contributed by atoms with Crippen LogP contribution in [0.3, 0.4) is 0 Å². The molecule has 2 aromatic heterocycles. The van der Waals surface area contributed by atoms with Crippen LogP contribution in [0.5, 0.6) is 0 Å². The lowest BCUT2D eigenvalue weighted by Gasteiger charge is -2.32. The van der Waals surface area contributed by atoms with Crippen molar-refractivity contribution in [2.75, 3.05) is 0 Å². The first-order valence-corrected chi connectivity index (χ1v) is 5.77. The molecule has 1 aliphatic rings. The van der Waals surface area contributed by atoms with Gasteiger partial charge in [-0.05, 0) is 38.3 Å². The monoisotopic (exact) mass is 227 g/mol. The molecule has 1 aliphatic carbocycles. The number of furan rings is 1. The van der Waals surface area contributed by atoms with Crippen LogP contribution in [-0.2, 0) is 5.41 Å². The first-order valence-electron chi connectivity index (χ1n) is 5.77. The van der Waals surface area contributed by atoms with Gasteiger partial charge in [0.25, 0.3) is 0 Å². The molecule has 17 heavy (non-hydrogen) atoms. The van der Waals surface area contributed by atoms with E-state index in [4.69, 9.17) is 4.42 Å². The summed E-state index contributed by atoms with van der Waals surface area (Å²) in [4.78, 5) is 7.54. The number of nitrogens with zero attached hydrogens (tertiary/aromatic N) is 2. The molecule has 4 nitrogen and oxygen atoms in total. The van der Waals surface area contributed by atoms with E-state index in [0.29, 0.717) is 0 Å². The van der Waals surface area contributed by atoms with Gasteiger partial charge in [-0.3, -0.25) is 0 Å². The number of imidazole rings is 1. The Morgan fingerprint density at radius 3 is 2.82 bits per heavy atom. The van der Waals surface area contributed by atoms with Gasteiger partial charge >= 0.3 is 0 Å². The molecule has 1 saturated carbocycles. The minimum atomic E-state index is -0.389. The predicted octanol–water partition coefficient (Wildman–Crippen LogP) is 2.92. The fourth-order valence-corrected chi connectivity index (χ4v) is 2.20. The molecule has 0 spiro atoms. The molecular weight excluding hydrogens is 214 g/mol. The van der Waals surface area contributed by atoms with Crippen LogP contribution in [0.4, 0.5) is 0 Å². The number of hydrogen-bond donors (Lipinski definition) is 1. The summed E-state index contributed by atoms with van der Waals surface area (Å²) in [5.74, 6) is 2.42. The number of hydrogen-bond acceptors (Lipinski definition) is 3. The van der Waals surface area contributed by atoms with E-state index in [0.717, 1.165) is 42.3 Å². The highest BCUT2D eigenvalue weighted by atomic mass is 16.3. The quantitative estimate of drug-likeness (QED) is 0.857. The topological polar surface area (TPSA) is 65.6 Å². The summed E-state index contributed by atoms with van der Waals surface area (Å²) in [6.07, 6.45) is 4.63. The van der Waals surface area contributed by atoms with E-state index >= 15 is 0 Å². The van der Waals surface area contributed by atoms with Gasteiger partial charge in [0.05, 0.1) is 12.3 Å². The third-order valence-electron chi connectivity index (χ3n) is 3.46. The Labute approximate surface area is 99.3 Å². The lowest BCUT2D eigenvalue weighted by molar-refractivity contribution is 0.309. The fourth-order valence-electron chi connectivity index (χ4n) is 2.20. The Hall–Kier alpha value is -2.02. The number of H-pyrrole nitrogens is 1. The maximum atomic E-state index is 9.24. The van der Waals surface area contributed by atoms with Crippen LogP contribution in [0.2, 0.25) is 0 Å². The zero-order valence-corrected chi connectivity index (χ0v) is 9.66. The van der Waals surface area contributed by atoms with Crippen LogP contribution in [0.1, 0.15) is 30.8 Å². The molecule has 1 N–H and O–H groups in total. The molecule has 2 heterocycles. The van der Waals surface area contributed by atoms with Crippen LogP contribution < -0.4 is 0 Å². The van der Waals surface area contributed by atoms with Gasteiger partial charge in [0, 0.05) is 0 Å². The van der Waals surface area contributed by atoms with Gasteiger partial charge in [-0.15, -0.1) is 0 Å². The molecule has 0 amide bonds. The van der Waals surface area contributed by atoms with Crippen molar-refractivity contribution >= 4 is 0 Å². The van der Waals surface area contributed by atoms with Gasteiger partial charge in [0.2, 0.25) is 0 Å². The number of aryl methyl sites for hydroxylation is 1. The maximum Gasteiger partial charge on any atom is 0.152 e. The Bertz CT molecular complexity index is 584. The van der Waals surface area contributed by atoms with Gasteiger partial charge in [-0.1, -0.05) is 0 Å². The first kappa shape index (κ1) is 10.2. The van der Waals surface area contributed by atoms with E-state index in [2.05, 4.69) is 16.0 Å². The number of nitrogens with one attached hydrogen (secondary N) is 1. The number of nitriles is 1. The second kappa shape index (κ2) is 3.49. The van der Waals surface area contributed by atoms with E-state index in [1.165, 1.54) is 0 Å². The molecule has 86 valence electrons. The van der Waals surface area contributed by atoms with Crippen molar-refractivity contribution in [2.24, 2.45) is 0 Å². The lowest BCUT2D eigenvalue weighted by atomic mass is 9.69. The van der Waals surface area contributed by atoms with Crippen molar-refractivity contribution < 1.29 is 4.42 Å². The smallest absolute Gasteiger partial charge is 0.152 e. The number of aromatic amines is 1. The molecule has 0 atom stereocenters. The van der Waals surface area contributed by atoms with Gasteiger partial charge in [0.1, 0.15) is 22.7 Å². The zero-order valence-electron chi connectivity index (χ0n) is 9.66. The highest BCUT2D eigenvalue weighted by Gasteiger charge is 2.41. The van der Waals surface area contributed by atoms with Crippen LogP contribution in [0, 0.1) is 18.3 Å². The molecule has 0 bridgehead atoms. The number of rotatable bonds is 2. The predicted molar refractivity (Wildman–Crippen MR) is 62.2 cm³/mol. The molecule has 0 aromatic carbocycles. The second-order valence-corrected chi connectivity index (χ2v) is 4.60. The van der Waals surface area contributed by atoms with Gasteiger partial charge < -0.3 is 9.40 Å². The molecular formula is C13H13N3O. The third kappa shape index (κ3) is 1.47. The molecule has 0 unspecified atom stereocenters. The Balaban J connectivity index is 1.96. The maximum absolute atomic E-state index is 9.24.